The number of sulfonamides is 1. The van der Waals surface area contributed by atoms with E-state index in [0.717, 1.165) is 11.3 Å². The molecule has 0 aliphatic heterocycles. The van der Waals surface area contributed by atoms with Crippen molar-refractivity contribution in [3.8, 4) is 11.3 Å². The van der Waals surface area contributed by atoms with Crippen LogP contribution in [0.25, 0.3) is 11.3 Å². The van der Waals surface area contributed by atoms with Crippen LogP contribution in [0.3, 0.4) is 0 Å². The van der Waals surface area contributed by atoms with Crippen molar-refractivity contribution >= 4 is 44.0 Å². The highest BCUT2D eigenvalue weighted by Crippen LogP contribution is 2.26. The Labute approximate surface area is 194 Å². The second-order valence-electron chi connectivity index (χ2n) is 6.86. The molecule has 7 nitrogen and oxygen atoms in total. The summed E-state index contributed by atoms with van der Waals surface area (Å²) in [4.78, 5) is 17.1. The normalized spacial score (nSPS) is 11.6. The Morgan fingerprint density at radius 1 is 1.12 bits per heavy atom. The third-order valence-corrected chi connectivity index (χ3v) is 7.48. The summed E-state index contributed by atoms with van der Waals surface area (Å²) in [6, 6.07) is 16.4. The standard InChI is InChI=1S/C22H18ClN3O4S2/c1-26(13-18-3-2-12-30-18)32(28,29)19-10-6-16(7-11-19)21(27)25-22-24-20(14-31-22)15-4-8-17(23)9-5-15/h2-12,14H,13H2,1H3,(H,24,25,27). The lowest BCUT2D eigenvalue weighted by Crippen LogP contribution is -2.26. The van der Waals surface area contributed by atoms with Crippen LogP contribution in [0.5, 0.6) is 0 Å². The lowest BCUT2D eigenvalue weighted by Gasteiger charge is -2.16. The van der Waals surface area contributed by atoms with Gasteiger partial charge in [-0.2, -0.15) is 4.31 Å². The number of thiazole rings is 1. The molecule has 2 aromatic carbocycles. The van der Waals surface area contributed by atoms with Crippen LogP contribution in [0.4, 0.5) is 5.13 Å². The molecular formula is C22H18ClN3O4S2. The highest BCUT2D eigenvalue weighted by Gasteiger charge is 2.22. The van der Waals surface area contributed by atoms with Gasteiger partial charge in [-0.15, -0.1) is 11.3 Å². The van der Waals surface area contributed by atoms with E-state index in [9.17, 15) is 13.2 Å². The number of amides is 1. The molecule has 0 saturated carbocycles. The molecule has 0 aliphatic rings. The first-order valence-electron chi connectivity index (χ1n) is 9.44. The maximum atomic E-state index is 12.8. The van der Waals surface area contributed by atoms with Gasteiger partial charge in [-0.3, -0.25) is 10.1 Å². The lowest BCUT2D eigenvalue weighted by atomic mass is 10.2. The molecule has 10 heteroatoms. The van der Waals surface area contributed by atoms with Crippen molar-refractivity contribution in [3.63, 3.8) is 0 Å². The van der Waals surface area contributed by atoms with Crippen LogP contribution < -0.4 is 5.32 Å². The number of nitrogens with zero attached hydrogens (tertiary/aromatic N) is 2. The van der Waals surface area contributed by atoms with Crippen molar-refractivity contribution in [2.24, 2.45) is 0 Å². The van der Waals surface area contributed by atoms with Gasteiger partial charge >= 0.3 is 0 Å². The summed E-state index contributed by atoms with van der Waals surface area (Å²) in [5.41, 5.74) is 1.93. The van der Waals surface area contributed by atoms with Crippen LogP contribution in [-0.2, 0) is 16.6 Å². The molecule has 4 rings (SSSR count). The molecule has 2 heterocycles. The average Bonchev–Trinajstić information content (AvgIpc) is 3.46. The lowest BCUT2D eigenvalue weighted by molar-refractivity contribution is 0.102. The van der Waals surface area contributed by atoms with E-state index >= 15 is 0 Å². The largest absolute Gasteiger partial charge is 0.468 e. The van der Waals surface area contributed by atoms with E-state index in [0.29, 0.717) is 21.5 Å². The smallest absolute Gasteiger partial charge is 0.257 e. The van der Waals surface area contributed by atoms with Crippen molar-refractivity contribution in [1.29, 1.82) is 0 Å². The quantitative estimate of drug-likeness (QED) is 0.390. The Hall–Kier alpha value is -2.98. The molecule has 0 unspecified atom stereocenters. The number of carbonyl (C=O) groups is 1. The zero-order valence-electron chi connectivity index (χ0n) is 16.9. The Bertz CT molecular complexity index is 1320. The van der Waals surface area contributed by atoms with Crippen molar-refractivity contribution < 1.29 is 17.6 Å². The van der Waals surface area contributed by atoms with Crippen molar-refractivity contribution in [3.05, 3.63) is 88.7 Å². The number of aromatic nitrogens is 1. The topological polar surface area (TPSA) is 92.5 Å². The van der Waals surface area contributed by atoms with Crippen molar-refractivity contribution in [2.75, 3.05) is 12.4 Å². The van der Waals surface area contributed by atoms with Gasteiger partial charge in [0.15, 0.2) is 5.13 Å². The predicted molar refractivity (Wildman–Crippen MR) is 124 cm³/mol. The molecule has 2 aromatic heterocycles. The predicted octanol–water partition coefficient (Wildman–Crippen LogP) is 5.13. The molecule has 4 aromatic rings. The summed E-state index contributed by atoms with van der Waals surface area (Å²) >= 11 is 7.21. The van der Waals surface area contributed by atoms with Gasteiger partial charge in [0, 0.05) is 28.6 Å². The van der Waals surface area contributed by atoms with Gasteiger partial charge in [0.25, 0.3) is 5.91 Å². The van der Waals surface area contributed by atoms with Crippen molar-refractivity contribution in [1.82, 2.24) is 9.29 Å². The van der Waals surface area contributed by atoms with E-state index in [2.05, 4.69) is 10.3 Å². The third-order valence-electron chi connectivity index (χ3n) is 4.65. The molecular weight excluding hydrogens is 470 g/mol. The zero-order valence-corrected chi connectivity index (χ0v) is 19.2. The molecule has 1 amide bonds. The summed E-state index contributed by atoms with van der Waals surface area (Å²) < 4.78 is 31.9. The summed E-state index contributed by atoms with van der Waals surface area (Å²) in [6.07, 6.45) is 1.49. The van der Waals surface area contributed by atoms with Gasteiger partial charge in [0.05, 0.1) is 23.4 Å². The number of carbonyl (C=O) groups excluding carboxylic acids is 1. The molecule has 1 N–H and O–H groups in total. The molecule has 0 fully saturated rings. The van der Waals surface area contributed by atoms with Crippen LogP contribution in [0.2, 0.25) is 5.02 Å². The van der Waals surface area contributed by atoms with Gasteiger partial charge < -0.3 is 4.42 Å². The summed E-state index contributed by atoms with van der Waals surface area (Å²) in [5.74, 6) is 0.156. The number of benzene rings is 2. The van der Waals surface area contributed by atoms with Gasteiger partial charge in [0.2, 0.25) is 10.0 Å². The van der Waals surface area contributed by atoms with E-state index < -0.39 is 10.0 Å². The Balaban J connectivity index is 1.43. The number of hydrogen-bond donors (Lipinski definition) is 1. The fourth-order valence-electron chi connectivity index (χ4n) is 2.92. The number of nitrogens with one attached hydrogen (secondary N) is 1. The maximum Gasteiger partial charge on any atom is 0.257 e. The van der Waals surface area contributed by atoms with Gasteiger partial charge in [-0.25, -0.2) is 13.4 Å². The van der Waals surface area contributed by atoms with Crippen LogP contribution in [0, 0.1) is 0 Å². The number of furan rings is 1. The molecule has 164 valence electrons. The average molecular weight is 488 g/mol. The highest BCUT2D eigenvalue weighted by molar-refractivity contribution is 7.89. The minimum atomic E-state index is -3.72. The summed E-state index contributed by atoms with van der Waals surface area (Å²) in [5, 5.41) is 5.65. The van der Waals surface area contributed by atoms with Crippen molar-refractivity contribution in [2.45, 2.75) is 11.4 Å². The highest BCUT2D eigenvalue weighted by atomic mass is 35.5. The van der Waals surface area contributed by atoms with E-state index in [-0.39, 0.29) is 17.3 Å². The molecule has 0 atom stereocenters. The third kappa shape index (κ3) is 4.91. The summed E-state index contributed by atoms with van der Waals surface area (Å²) in [7, 11) is -2.25. The monoisotopic (exact) mass is 487 g/mol. The molecule has 0 spiro atoms. The van der Waals surface area contributed by atoms with Crippen LogP contribution in [0.1, 0.15) is 16.1 Å². The molecule has 0 radical (unpaired) electrons. The fourth-order valence-corrected chi connectivity index (χ4v) is 4.90. The number of hydrogen-bond acceptors (Lipinski definition) is 6. The van der Waals surface area contributed by atoms with E-state index in [1.54, 1.807) is 24.3 Å². The second kappa shape index (κ2) is 9.25. The Morgan fingerprint density at radius 3 is 2.50 bits per heavy atom. The van der Waals surface area contributed by atoms with Crippen LogP contribution in [-0.4, -0.2) is 30.7 Å². The SMILES string of the molecule is CN(Cc1ccco1)S(=O)(=O)c1ccc(C(=O)Nc2nc(-c3ccc(Cl)cc3)cs2)cc1. The van der Waals surface area contributed by atoms with Crippen LogP contribution in [0.15, 0.2) is 81.6 Å². The van der Waals surface area contributed by atoms with Gasteiger partial charge in [0.1, 0.15) is 5.76 Å². The van der Waals surface area contributed by atoms with E-state index in [4.69, 9.17) is 16.0 Å². The first-order valence-corrected chi connectivity index (χ1v) is 12.1. The minimum Gasteiger partial charge on any atom is -0.468 e. The molecule has 32 heavy (non-hydrogen) atoms. The first kappa shape index (κ1) is 22.2. The Kier molecular flexibility index (Phi) is 6.43. The fraction of sp³-hybridized carbons (Fsp3) is 0.0909. The number of rotatable bonds is 7. The van der Waals surface area contributed by atoms with E-state index in [1.165, 1.54) is 53.2 Å². The van der Waals surface area contributed by atoms with Gasteiger partial charge in [-0.05, 0) is 48.5 Å². The summed E-state index contributed by atoms with van der Waals surface area (Å²) in [6.45, 7) is 0.109. The van der Waals surface area contributed by atoms with Crippen LogP contribution >= 0.6 is 22.9 Å². The zero-order chi connectivity index (χ0) is 22.7. The Morgan fingerprint density at radius 2 is 1.84 bits per heavy atom. The molecule has 0 saturated heterocycles. The number of halogens is 1. The molecule has 0 aliphatic carbocycles. The first-order chi connectivity index (χ1) is 15.3. The molecule has 0 bridgehead atoms. The van der Waals surface area contributed by atoms with Gasteiger partial charge in [-0.1, -0.05) is 23.7 Å². The van der Waals surface area contributed by atoms with E-state index in [1.807, 2.05) is 17.5 Å². The minimum absolute atomic E-state index is 0.0855. The number of anilines is 1. The maximum absolute atomic E-state index is 12.8. The second-order valence-corrected chi connectivity index (χ2v) is 10.2.